The highest BCUT2D eigenvalue weighted by molar-refractivity contribution is 5.80. The molecular weight excluding hydrogens is 308 g/mol. The molecular formula is C18H24N2O4. The highest BCUT2D eigenvalue weighted by Gasteiger charge is 2.47. The Morgan fingerprint density at radius 2 is 2.33 bits per heavy atom. The second-order valence-corrected chi connectivity index (χ2v) is 7.31. The Morgan fingerprint density at radius 3 is 3.08 bits per heavy atom. The largest absolute Gasteiger partial charge is 0.486 e. The molecule has 3 fully saturated rings. The number of likely N-dealkylation sites (tertiary alicyclic amines) is 1. The molecule has 1 aliphatic carbocycles. The smallest absolute Gasteiger partial charge is 0.225 e. The van der Waals surface area contributed by atoms with E-state index in [1.807, 2.05) is 17.0 Å². The van der Waals surface area contributed by atoms with E-state index in [2.05, 4.69) is 4.98 Å². The van der Waals surface area contributed by atoms with Gasteiger partial charge >= 0.3 is 0 Å². The number of aliphatic hydroxyl groups is 1. The van der Waals surface area contributed by atoms with E-state index in [1.165, 1.54) is 0 Å². The molecule has 0 bridgehead atoms. The molecule has 1 N–H and O–H groups in total. The predicted octanol–water partition coefficient (Wildman–Crippen LogP) is 1.38. The van der Waals surface area contributed by atoms with Gasteiger partial charge in [-0.05, 0) is 37.8 Å². The summed E-state index contributed by atoms with van der Waals surface area (Å²) in [5, 5.41) is 9.43. The summed E-state index contributed by atoms with van der Waals surface area (Å²) < 4.78 is 12.1. The minimum Gasteiger partial charge on any atom is -0.486 e. The standard InChI is InChI=1S/C18H24N2O4/c21-14-7-13(8-14)17(22)20-6-2-4-18(12-20)9-16(11-23-18)24-15-3-1-5-19-10-15/h1,3,5,10,13-14,16,21H,2,4,6-9,11-12H2/t13?,14?,16-,18+/m1/s1. The van der Waals surface area contributed by atoms with Crippen molar-refractivity contribution in [3.05, 3.63) is 24.5 Å². The Hall–Kier alpha value is -1.66. The third-order valence-electron chi connectivity index (χ3n) is 5.43. The van der Waals surface area contributed by atoms with Crippen LogP contribution < -0.4 is 4.74 Å². The number of hydrogen-bond acceptors (Lipinski definition) is 5. The Morgan fingerprint density at radius 1 is 1.46 bits per heavy atom. The lowest BCUT2D eigenvalue weighted by atomic mass is 9.80. The summed E-state index contributed by atoms with van der Waals surface area (Å²) in [6.07, 6.45) is 7.10. The second kappa shape index (κ2) is 6.33. The maximum atomic E-state index is 12.6. The summed E-state index contributed by atoms with van der Waals surface area (Å²) in [4.78, 5) is 18.6. The number of amides is 1. The molecule has 2 saturated heterocycles. The zero-order valence-corrected chi connectivity index (χ0v) is 13.8. The number of carbonyl (C=O) groups is 1. The minimum absolute atomic E-state index is 0.000932. The molecule has 24 heavy (non-hydrogen) atoms. The van der Waals surface area contributed by atoms with Crippen LogP contribution >= 0.6 is 0 Å². The number of ether oxygens (including phenoxy) is 2. The van der Waals surface area contributed by atoms with E-state index < -0.39 is 0 Å². The van der Waals surface area contributed by atoms with Gasteiger partial charge in [-0.2, -0.15) is 0 Å². The van der Waals surface area contributed by atoms with Gasteiger partial charge in [0, 0.05) is 31.6 Å². The van der Waals surface area contributed by atoms with Crippen LogP contribution in [-0.4, -0.2) is 58.4 Å². The van der Waals surface area contributed by atoms with Crippen LogP contribution in [0, 0.1) is 5.92 Å². The van der Waals surface area contributed by atoms with Crippen molar-refractivity contribution in [2.24, 2.45) is 5.92 Å². The van der Waals surface area contributed by atoms with Crippen LogP contribution in [0.4, 0.5) is 0 Å². The average Bonchev–Trinajstić information content (AvgIpc) is 2.94. The number of piperidine rings is 1. The molecule has 2 atom stereocenters. The molecule has 0 radical (unpaired) electrons. The zero-order valence-electron chi connectivity index (χ0n) is 13.8. The summed E-state index contributed by atoms with van der Waals surface area (Å²) in [5.74, 6) is 0.939. The van der Waals surface area contributed by atoms with Crippen LogP contribution in [0.3, 0.4) is 0 Å². The minimum atomic E-state index is -0.294. The van der Waals surface area contributed by atoms with Gasteiger partial charge in [-0.3, -0.25) is 9.78 Å². The molecule has 1 amide bonds. The van der Waals surface area contributed by atoms with Crippen LogP contribution in [0.2, 0.25) is 0 Å². The van der Waals surface area contributed by atoms with E-state index in [0.717, 1.165) is 31.6 Å². The molecule has 4 rings (SSSR count). The van der Waals surface area contributed by atoms with Crippen molar-refractivity contribution in [3.63, 3.8) is 0 Å². The summed E-state index contributed by atoms with van der Waals surface area (Å²) in [6.45, 7) is 2.00. The van der Waals surface area contributed by atoms with Gasteiger partial charge in [-0.1, -0.05) is 0 Å². The molecule has 0 unspecified atom stereocenters. The van der Waals surface area contributed by atoms with Gasteiger partial charge in [0.05, 0.1) is 24.5 Å². The van der Waals surface area contributed by atoms with Crippen LogP contribution in [-0.2, 0) is 9.53 Å². The lowest BCUT2D eigenvalue weighted by molar-refractivity contribution is -0.150. The fourth-order valence-corrected chi connectivity index (χ4v) is 4.11. The van der Waals surface area contributed by atoms with E-state index >= 15 is 0 Å². The van der Waals surface area contributed by atoms with E-state index in [4.69, 9.17) is 9.47 Å². The van der Waals surface area contributed by atoms with Gasteiger partial charge in [0.1, 0.15) is 11.9 Å². The first-order valence-electron chi connectivity index (χ1n) is 8.81. The Kier molecular flexibility index (Phi) is 4.18. The number of hydrogen-bond donors (Lipinski definition) is 1. The number of pyridine rings is 1. The lowest BCUT2D eigenvalue weighted by Crippen LogP contribution is -2.53. The van der Waals surface area contributed by atoms with Gasteiger partial charge in [0.25, 0.3) is 0 Å². The maximum absolute atomic E-state index is 12.6. The van der Waals surface area contributed by atoms with Gasteiger partial charge in [0.2, 0.25) is 5.91 Å². The van der Waals surface area contributed by atoms with Gasteiger partial charge in [-0.15, -0.1) is 0 Å². The monoisotopic (exact) mass is 332 g/mol. The molecule has 1 saturated carbocycles. The third-order valence-corrected chi connectivity index (χ3v) is 5.43. The molecule has 1 aromatic heterocycles. The number of carbonyl (C=O) groups excluding carboxylic acids is 1. The van der Waals surface area contributed by atoms with Crippen LogP contribution in [0.5, 0.6) is 5.75 Å². The Labute approximate surface area is 141 Å². The molecule has 1 aromatic rings. The van der Waals surface area contributed by atoms with Crippen LogP contribution in [0.1, 0.15) is 32.1 Å². The number of aliphatic hydroxyl groups excluding tert-OH is 1. The molecule has 1 spiro atoms. The van der Waals surface area contributed by atoms with E-state index in [9.17, 15) is 9.90 Å². The maximum Gasteiger partial charge on any atom is 0.225 e. The van der Waals surface area contributed by atoms with E-state index in [0.29, 0.717) is 26.0 Å². The van der Waals surface area contributed by atoms with E-state index in [1.54, 1.807) is 12.4 Å². The normalized spacial score (nSPS) is 35.7. The molecule has 3 heterocycles. The quantitative estimate of drug-likeness (QED) is 0.905. The predicted molar refractivity (Wildman–Crippen MR) is 86.5 cm³/mol. The van der Waals surface area contributed by atoms with Gasteiger partial charge < -0.3 is 19.5 Å². The molecule has 6 heteroatoms. The summed E-state index contributed by atoms with van der Waals surface area (Å²) in [7, 11) is 0. The number of aromatic nitrogens is 1. The highest BCUT2D eigenvalue weighted by atomic mass is 16.6. The number of nitrogens with zero attached hydrogens (tertiary/aromatic N) is 2. The topological polar surface area (TPSA) is 71.9 Å². The average molecular weight is 332 g/mol. The van der Waals surface area contributed by atoms with Crippen molar-refractivity contribution in [1.82, 2.24) is 9.88 Å². The van der Waals surface area contributed by atoms with Gasteiger partial charge in [-0.25, -0.2) is 0 Å². The first-order chi connectivity index (χ1) is 11.6. The fourth-order valence-electron chi connectivity index (χ4n) is 4.11. The highest BCUT2D eigenvalue weighted by Crippen LogP contribution is 2.38. The zero-order chi connectivity index (χ0) is 16.6. The van der Waals surface area contributed by atoms with Crippen molar-refractivity contribution in [3.8, 4) is 5.75 Å². The van der Waals surface area contributed by atoms with Crippen LogP contribution in [0.15, 0.2) is 24.5 Å². The molecule has 6 nitrogen and oxygen atoms in total. The molecule has 3 aliphatic rings. The van der Waals surface area contributed by atoms with Crippen molar-refractivity contribution in [1.29, 1.82) is 0 Å². The Balaban J connectivity index is 1.36. The summed E-state index contributed by atoms with van der Waals surface area (Å²) in [5.41, 5.74) is -0.275. The van der Waals surface area contributed by atoms with Crippen molar-refractivity contribution in [2.75, 3.05) is 19.7 Å². The third kappa shape index (κ3) is 3.13. The van der Waals surface area contributed by atoms with E-state index in [-0.39, 0.29) is 29.6 Å². The van der Waals surface area contributed by atoms with Crippen LogP contribution in [0.25, 0.3) is 0 Å². The SMILES string of the molecule is O=C(C1CC(O)C1)N1CCC[C@]2(C[C@@H](Oc3cccnc3)CO2)C1. The summed E-state index contributed by atoms with van der Waals surface area (Å²) in [6, 6.07) is 3.76. The molecule has 0 aromatic carbocycles. The first-order valence-corrected chi connectivity index (χ1v) is 8.81. The van der Waals surface area contributed by atoms with Crippen molar-refractivity contribution < 1.29 is 19.4 Å². The molecule has 130 valence electrons. The fraction of sp³-hybridized carbons (Fsp3) is 0.667. The van der Waals surface area contributed by atoms with Crippen molar-refractivity contribution >= 4 is 5.91 Å². The van der Waals surface area contributed by atoms with Crippen molar-refractivity contribution in [2.45, 2.75) is 49.9 Å². The summed E-state index contributed by atoms with van der Waals surface area (Å²) >= 11 is 0. The van der Waals surface area contributed by atoms with Gasteiger partial charge in [0.15, 0.2) is 0 Å². The second-order valence-electron chi connectivity index (χ2n) is 7.31. The molecule has 2 aliphatic heterocycles. The number of rotatable bonds is 3. The lowest BCUT2D eigenvalue weighted by Gasteiger charge is -2.42. The Bertz CT molecular complexity index is 590. The first kappa shape index (κ1) is 15.8.